The van der Waals surface area contributed by atoms with Gasteiger partial charge in [0.1, 0.15) is 5.75 Å². The number of hydrogen-bond donors (Lipinski definition) is 1. The highest BCUT2D eigenvalue weighted by Crippen LogP contribution is 2.28. The molecule has 0 saturated heterocycles. The summed E-state index contributed by atoms with van der Waals surface area (Å²) in [5, 5.41) is 2.91. The summed E-state index contributed by atoms with van der Waals surface area (Å²) in [6.45, 7) is 2.05. The summed E-state index contributed by atoms with van der Waals surface area (Å²) in [4.78, 5) is 12.0. The van der Waals surface area contributed by atoms with Gasteiger partial charge in [-0.2, -0.15) is 0 Å². The molecule has 0 aliphatic carbocycles. The lowest BCUT2D eigenvalue weighted by Crippen LogP contribution is -2.46. The molecule has 0 aromatic heterocycles. The standard InChI is InChI=1S/C16H15NO2/c1-11(12-7-3-2-4-8-12)16-17-15(18)13-9-5-6-10-14(13)19-16/h2-11,16H,1H3,(H,17,18)/t11?,16-/m1/s1. The fourth-order valence-electron chi connectivity index (χ4n) is 2.29. The first-order chi connectivity index (χ1) is 9.25. The Hall–Kier alpha value is -2.29. The number of carbonyl (C=O) groups is 1. The quantitative estimate of drug-likeness (QED) is 0.893. The molecule has 1 aliphatic heterocycles. The third-order valence-electron chi connectivity index (χ3n) is 3.44. The van der Waals surface area contributed by atoms with Gasteiger partial charge in [-0.3, -0.25) is 4.79 Å². The van der Waals surface area contributed by atoms with E-state index < -0.39 is 0 Å². The Kier molecular flexibility index (Phi) is 2.95. The summed E-state index contributed by atoms with van der Waals surface area (Å²) in [5.41, 5.74) is 1.74. The highest BCUT2D eigenvalue weighted by atomic mass is 16.5. The first kappa shape index (κ1) is 11.8. The molecule has 2 aromatic carbocycles. The second kappa shape index (κ2) is 4.76. The van der Waals surface area contributed by atoms with Crippen LogP contribution in [0.1, 0.15) is 28.8 Å². The molecule has 1 aliphatic rings. The van der Waals surface area contributed by atoms with E-state index in [9.17, 15) is 4.79 Å². The number of amides is 1. The second-order valence-electron chi connectivity index (χ2n) is 4.71. The van der Waals surface area contributed by atoms with Gasteiger partial charge in [-0.05, 0) is 17.7 Å². The fraction of sp³-hybridized carbons (Fsp3) is 0.188. The largest absolute Gasteiger partial charge is 0.469 e. The lowest BCUT2D eigenvalue weighted by molar-refractivity contribution is 0.0708. The van der Waals surface area contributed by atoms with Crippen molar-refractivity contribution in [2.75, 3.05) is 0 Å². The fourth-order valence-corrected chi connectivity index (χ4v) is 2.29. The van der Waals surface area contributed by atoms with E-state index in [2.05, 4.69) is 5.32 Å². The maximum atomic E-state index is 12.0. The monoisotopic (exact) mass is 253 g/mol. The maximum Gasteiger partial charge on any atom is 0.257 e. The summed E-state index contributed by atoms with van der Waals surface area (Å²) in [6.07, 6.45) is -0.329. The van der Waals surface area contributed by atoms with Crippen molar-refractivity contribution >= 4 is 5.91 Å². The highest BCUT2D eigenvalue weighted by Gasteiger charge is 2.29. The summed E-state index contributed by atoms with van der Waals surface area (Å²) < 4.78 is 5.89. The van der Waals surface area contributed by atoms with Crippen molar-refractivity contribution < 1.29 is 9.53 Å². The minimum atomic E-state index is -0.329. The zero-order valence-corrected chi connectivity index (χ0v) is 10.7. The minimum absolute atomic E-state index is 0.0744. The molecule has 19 heavy (non-hydrogen) atoms. The smallest absolute Gasteiger partial charge is 0.257 e. The summed E-state index contributed by atoms with van der Waals surface area (Å²) in [7, 11) is 0. The third kappa shape index (κ3) is 2.19. The minimum Gasteiger partial charge on any atom is -0.469 e. The number of nitrogens with one attached hydrogen (secondary N) is 1. The highest BCUT2D eigenvalue weighted by molar-refractivity contribution is 5.97. The van der Waals surface area contributed by atoms with Crippen LogP contribution < -0.4 is 10.1 Å². The Morgan fingerprint density at radius 1 is 1.05 bits per heavy atom. The van der Waals surface area contributed by atoms with E-state index in [0.717, 1.165) is 5.56 Å². The van der Waals surface area contributed by atoms with Crippen molar-refractivity contribution in [3.8, 4) is 5.75 Å². The number of fused-ring (bicyclic) bond motifs is 1. The van der Waals surface area contributed by atoms with Crippen LogP contribution in [0.2, 0.25) is 0 Å². The second-order valence-corrected chi connectivity index (χ2v) is 4.71. The molecule has 0 bridgehead atoms. The molecule has 1 N–H and O–H groups in total. The molecular formula is C16H15NO2. The molecule has 3 heteroatoms. The third-order valence-corrected chi connectivity index (χ3v) is 3.44. The van der Waals surface area contributed by atoms with Crippen LogP contribution in [0.3, 0.4) is 0 Å². The van der Waals surface area contributed by atoms with E-state index in [4.69, 9.17) is 4.74 Å². The summed E-state index contributed by atoms with van der Waals surface area (Å²) >= 11 is 0. The molecule has 1 amide bonds. The molecule has 96 valence electrons. The van der Waals surface area contributed by atoms with E-state index in [0.29, 0.717) is 11.3 Å². The van der Waals surface area contributed by atoms with Crippen LogP contribution in [0, 0.1) is 0 Å². The molecular weight excluding hydrogens is 238 g/mol. The lowest BCUT2D eigenvalue weighted by Gasteiger charge is -2.31. The molecule has 3 nitrogen and oxygen atoms in total. The molecule has 0 radical (unpaired) electrons. The zero-order valence-electron chi connectivity index (χ0n) is 10.7. The predicted molar refractivity (Wildman–Crippen MR) is 73.2 cm³/mol. The van der Waals surface area contributed by atoms with Crippen molar-refractivity contribution in [1.82, 2.24) is 5.32 Å². The Morgan fingerprint density at radius 3 is 2.53 bits per heavy atom. The van der Waals surface area contributed by atoms with Crippen LogP contribution >= 0.6 is 0 Å². The molecule has 1 heterocycles. The summed E-state index contributed by atoms with van der Waals surface area (Å²) in [5.74, 6) is 0.673. The van der Waals surface area contributed by atoms with Gasteiger partial charge >= 0.3 is 0 Å². The molecule has 0 saturated carbocycles. The molecule has 3 rings (SSSR count). The van der Waals surface area contributed by atoms with Crippen LogP contribution in [0.15, 0.2) is 54.6 Å². The number of benzene rings is 2. The van der Waals surface area contributed by atoms with Gasteiger partial charge in [-0.25, -0.2) is 0 Å². The lowest BCUT2D eigenvalue weighted by atomic mass is 9.98. The average Bonchev–Trinajstić information content (AvgIpc) is 2.47. The van der Waals surface area contributed by atoms with Crippen LogP contribution in [0.25, 0.3) is 0 Å². The summed E-state index contributed by atoms with van der Waals surface area (Å²) in [6, 6.07) is 17.4. The SMILES string of the molecule is CC(c1ccccc1)[C@@H]1NC(=O)c2ccccc2O1. The van der Waals surface area contributed by atoms with E-state index in [1.165, 1.54) is 0 Å². The molecule has 1 unspecified atom stereocenters. The van der Waals surface area contributed by atoms with E-state index >= 15 is 0 Å². The van der Waals surface area contributed by atoms with Gasteiger partial charge in [0.2, 0.25) is 0 Å². The van der Waals surface area contributed by atoms with Gasteiger partial charge in [0, 0.05) is 5.92 Å². The zero-order chi connectivity index (χ0) is 13.2. The number of carbonyl (C=O) groups excluding carboxylic acids is 1. The Balaban J connectivity index is 1.87. The normalized spacial score (nSPS) is 19.0. The first-order valence-corrected chi connectivity index (χ1v) is 6.37. The van der Waals surface area contributed by atoms with Crippen molar-refractivity contribution in [2.24, 2.45) is 0 Å². The Morgan fingerprint density at radius 2 is 1.74 bits per heavy atom. The molecule has 0 spiro atoms. The van der Waals surface area contributed by atoms with Crippen molar-refractivity contribution in [3.05, 3.63) is 65.7 Å². The van der Waals surface area contributed by atoms with Crippen molar-refractivity contribution in [1.29, 1.82) is 0 Å². The molecule has 2 atom stereocenters. The van der Waals surface area contributed by atoms with Crippen LogP contribution in [-0.4, -0.2) is 12.1 Å². The van der Waals surface area contributed by atoms with Gasteiger partial charge in [0.15, 0.2) is 6.23 Å². The first-order valence-electron chi connectivity index (χ1n) is 6.37. The van der Waals surface area contributed by atoms with Crippen LogP contribution in [0.5, 0.6) is 5.75 Å². The average molecular weight is 253 g/mol. The van der Waals surface area contributed by atoms with Crippen molar-refractivity contribution in [3.63, 3.8) is 0 Å². The van der Waals surface area contributed by atoms with Crippen molar-refractivity contribution in [2.45, 2.75) is 19.1 Å². The maximum absolute atomic E-state index is 12.0. The predicted octanol–water partition coefficient (Wildman–Crippen LogP) is 2.94. The van der Waals surface area contributed by atoms with E-state index in [1.54, 1.807) is 6.07 Å². The van der Waals surface area contributed by atoms with Gasteiger partial charge in [0.05, 0.1) is 5.56 Å². The van der Waals surface area contributed by atoms with E-state index in [1.807, 2.05) is 55.5 Å². The topological polar surface area (TPSA) is 38.3 Å². The number of rotatable bonds is 2. The number of hydrogen-bond acceptors (Lipinski definition) is 2. The van der Waals surface area contributed by atoms with Crippen LogP contribution in [0.4, 0.5) is 0 Å². The van der Waals surface area contributed by atoms with Gasteiger partial charge < -0.3 is 10.1 Å². The van der Waals surface area contributed by atoms with E-state index in [-0.39, 0.29) is 18.1 Å². The number of para-hydroxylation sites is 1. The number of ether oxygens (including phenoxy) is 1. The molecule has 2 aromatic rings. The Labute approximate surface area is 112 Å². The Bertz CT molecular complexity index is 595. The van der Waals surface area contributed by atoms with Gasteiger partial charge in [0.25, 0.3) is 5.91 Å². The molecule has 0 fully saturated rings. The van der Waals surface area contributed by atoms with Crippen LogP contribution in [-0.2, 0) is 0 Å². The van der Waals surface area contributed by atoms with Gasteiger partial charge in [-0.15, -0.1) is 0 Å². The van der Waals surface area contributed by atoms with Gasteiger partial charge in [-0.1, -0.05) is 49.4 Å².